The van der Waals surface area contributed by atoms with Crippen LogP contribution in [0.2, 0.25) is 0 Å². The highest BCUT2D eigenvalue weighted by Gasteiger charge is 2.07. The van der Waals surface area contributed by atoms with Crippen LogP contribution in [0.25, 0.3) is 0 Å². The molecule has 0 aromatic rings. The van der Waals surface area contributed by atoms with E-state index in [-0.39, 0.29) is 5.75 Å². The molecule has 0 aliphatic carbocycles. The van der Waals surface area contributed by atoms with E-state index in [1.54, 1.807) is 0 Å². The van der Waals surface area contributed by atoms with Crippen LogP contribution in [0.15, 0.2) is 0 Å². The third-order valence-electron chi connectivity index (χ3n) is 2.33. The Balaban J connectivity index is 3.51. The maximum atomic E-state index is 11.5. The Labute approximate surface area is 100 Å². The molecule has 0 radical (unpaired) electrons. The van der Waals surface area contributed by atoms with Crippen molar-refractivity contribution in [3.05, 3.63) is 0 Å². The summed E-state index contributed by atoms with van der Waals surface area (Å²) in [5.41, 5.74) is 0. The van der Waals surface area contributed by atoms with Crippen LogP contribution >= 0.6 is 0 Å². The van der Waals surface area contributed by atoms with E-state index in [0.717, 1.165) is 19.4 Å². The van der Waals surface area contributed by atoms with Crippen molar-refractivity contribution >= 4 is 10.0 Å². The van der Waals surface area contributed by atoms with Gasteiger partial charge in [0.15, 0.2) is 0 Å². The molecule has 0 aromatic heterocycles. The molecule has 0 saturated heterocycles. The molecule has 0 spiro atoms. The fraction of sp³-hybridized carbons (Fsp3) is 1.00. The lowest BCUT2D eigenvalue weighted by Crippen LogP contribution is -2.32. The quantitative estimate of drug-likeness (QED) is 0.575. The van der Waals surface area contributed by atoms with Gasteiger partial charge in [-0.3, -0.25) is 0 Å². The first-order valence-electron chi connectivity index (χ1n) is 6.16. The lowest BCUT2D eigenvalue weighted by molar-refractivity contribution is 0.530. The Morgan fingerprint density at radius 2 is 1.81 bits per heavy atom. The number of unbranched alkanes of at least 4 members (excludes halogenated alkanes) is 1. The summed E-state index contributed by atoms with van der Waals surface area (Å²) in [6, 6.07) is 0. The minimum atomic E-state index is -3.07. The molecule has 0 aromatic carbocycles. The molecule has 0 bridgehead atoms. The van der Waals surface area contributed by atoms with Crippen molar-refractivity contribution in [2.24, 2.45) is 5.92 Å². The second-order valence-electron chi connectivity index (χ2n) is 4.46. The molecule has 5 heteroatoms. The number of hydrogen-bond acceptors (Lipinski definition) is 3. The molecule has 98 valence electrons. The predicted molar refractivity (Wildman–Crippen MR) is 69.0 cm³/mol. The standard InChI is InChI=1S/C11H26N2O2S/c1-4-12-9-10-16(14,15)13-8-6-5-7-11(2)3/h11-13H,4-10H2,1-3H3. The van der Waals surface area contributed by atoms with Crippen molar-refractivity contribution < 1.29 is 8.42 Å². The number of sulfonamides is 1. The highest BCUT2D eigenvalue weighted by molar-refractivity contribution is 7.89. The van der Waals surface area contributed by atoms with Gasteiger partial charge in [-0.15, -0.1) is 0 Å². The number of nitrogens with one attached hydrogen (secondary N) is 2. The van der Waals surface area contributed by atoms with E-state index in [4.69, 9.17) is 0 Å². The monoisotopic (exact) mass is 250 g/mol. The molecule has 0 aliphatic heterocycles. The predicted octanol–water partition coefficient (Wildman–Crippen LogP) is 1.34. The molecule has 0 unspecified atom stereocenters. The summed E-state index contributed by atoms with van der Waals surface area (Å²) in [5.74, 6) is 0.871. The fourth-order valence-electron chi connectivity index (χ4n) is 1.36. The van der Waals surface area contributed by atoms with Crippen molar-refractivity contribution in [2.45, 2.75) is 40.0 Å². The second-order valence-corrected chi connectivity index (χ2v) is 6.38. The van der Waals surface area contributed by atoms with E-state index in [0.29, 0.717) is 19.0 Å². The van der Waals surface area contributed by atoms with Crippen LogP contribution in [-0.2, 0) is 10.0 Å². The first kappa shape index (κ1) is 15.9. The summed E-state index contributed by atoms with van der Waals surface area (Å²) >= 11 is 0. The third-order valence-corrected chi connectivity index (χ3v) is 3.71. The highest BCUT2D eigenvalue weighted by atomic mass is 32.2. The summed E-state index contributed by atoms with van der Waals surface area (Å²) < 4.78 is 25.5. The zero-order chi connectivity index (χ0) is 12.4. The van der Waals surface area contributed by atoms with Gasteiger partial charge in [0.25, 0.3) is 0 Å². The molecule has 0 amide bonds. The lowest BCUT2D eigenvalue weighted by atomic mass is 10.1. The van der Waals surface area contributed by atoms with Crippen LogP contribution in [0.3, 0.4) is 0 Å². The average molecular weight is 250 g/mol. The van der Waals surface area contributed by atoms with E-state index in [2.05, 4.69) is 23.9 Å². The fourth-order valence-corrected chi connectivity index (χ4v) is 2.37. The minimum Gasteiger partial charge on any atom is -0.316 e. The zero-order valence-corrected chi connectivity index (χ0v) is 11.6. The minimum absolute atomic E-state index is 0.172. The first-order chi connectivity index (χ1) is 7.48. The first-order valence-corrected chi connectivity index (χ1v) is 7.81. The van der Waals surface area contributed by atoms with Gasteiger partial charge in [0.2, 0.25) is 10.0 Å². The van der Waals surface area contributed by atoms with Gasteiger partial charge >= 0.3 is 0 Å². The van der Waals surface area contributed by atoms with E-state index in [1.165, 1.54) is 6.42 Å². The van der Waals surface area contributed by atoms with Gasteiger partial charge in [-0.05, 0) is 18.9 Å². The normalized spacial score (nSPS) is 12.2. The van der Waals surface area contributed by atoms with Crippen LogP contribution in [0.4, 0.5) is 0 Å². The van der Waals surface area contributed by atoms with Gasteiger partial charge in [-0.1, -0.05) is 33.6 Å². The molecular formula is C11H26N2O2S. The highest BCUT2D eigenvalue weighted by Crippen LogP contribution is 2.05. The summed E-state index contributed by atoms with van der Waals surface area (Å²) in [5, 5.41) is 3.00. The summed E-state index contributed by atoms with van der Waals surface area (Å²) in [4.78, 5) is 0. The Morgan fingerprint density at radius 1 is 1.12 bits per heavy atom. The van der Waals surface area contributed by atoms with Crippen molar-refractivity contribution in [3.8, 4) is 0 Å². The van der Waals surface area contributed by atoms with Gasteiger partial charge < -0.3 is 5.32 Å². The number of rotatable bonds is 10. The van der Waals surface area contributed by atoms with Crippen LogP contribution < -0.4 is 10.0 Å². The Kier molecular flexibility index (Phi) is 8.89. The van der Waals surface area contributed by atoms with Crippen LogP contribution in [0.5, 0.6) is 0 Å². The molecule has 0 heterocycles. The molecule has 2 N–H and O–H groups in total. The smallest absolute Gasteiger partial charge is 0.212 e. The van der Waals surface area contributed by atoms with Crippen molar-refractivity contribution in [1.82, 2.24) is 10.0 Å². The van der Waals surface area contributed by atoms with Crippen LogP contribution in [0, 0.1) is 5.92 Å². The lowest BCUT2D eigenvalue weighted by Gasteiger charge is -2.07. The van der Waals surface area contributed by atoms with Crippen LogP contribution in [0.1, 0.15) is 40.0 Å². The van der Waals surface area contributed by atoms with Gasteiger partial charge in [-0.25, -0.2) is 13.1 Å². The average Bonchev–Trinajstić information content (AvgIpc) is 2.16. The van der Waals surface area contributed by atoms with E-state index in [9.17, 15) is 8.42 Å². The van der Waals surface area contributed by atoms with E-state index in [1.807, 2.05) is 6.92 Å². The molecule has 0 atom stereocenters. The van der Waals surface area contributed by atoms with Crippen molar-refractivity contribution in [2.75, 3.05) is 25.4 Å². The zero-order valence-electron chi connectivity index (χ0n) is 10.8. The summed E-state index contributed by atoms with van der Waals surface area (Å²) in [6.07, 6.45) is 3.19. The van der Waals surface area contributed by atoms with Crippen molar-refractivity contribution in [3.63, 3.8) is 0 Å². The van der Waals surface area contributed by atoms with E-state index >= 15 is 0 Å². The van der Waals surface area contributed by atoms with Crippen molar-refractivity contribution in [1.29, 1.82) is 0 Å². The molecule has 4 nitrogen and oxygen atoms in total. The van der Waals surface area contributed by atoms with Crippen LogP contribution in [-0.4, -0.2) is 33.8 Å². The molecule has 0 rings (SSSR count). The largest absolute Gasteiger partial charge is 0.316 e. The topological polar surface area (TPSA) is 58.2 Å². The van der Waals surface area contributed by atoms with Gasteiger partial charge in [0.1, 0.15) is 0 Å². The molecule has 0 fully saturated rings. The maximum Gasteiger partial charge on any atom is 0.212 e. The van der Waals surface area contributed by atoms with Gasteiger partial charge in [0.05, 0.1) is 5.75 Å². The summed E-state index contributed by atoms with van der Waals surface area (Å²) in [6.45, 7) is 8.23. The Morgan fingerprint density at radius 3 is 2.38 bits per heavy atom. The molecular weight excluding hydrogens is 224 g/mol. The maximum absolute atomic E-state index is 11.5. The molecule has 16 heavy (non-hydrogen) atoms. The van der Waals surface area contributed by atoms with E-state index < -0.39 is 10.0 Å². The number of hydrogen-bond donors (Lipinski definition) is 2. The summed E-state index contributed by atoms with van der Waals surface area (Å²) in [7, 11) is -3.07. The second kappa shape index (κ2) is 8.96. The van der Waals surface area contributed by atoms with Gasteiger partial charge in [0, 0.05) is 13.1 Å². The molecule has 0 saturated carbocycles. The third kappa shape index (κ3) is 10.4. The molecule has 0 aliphatic rings. The van der Waals surface area contributed by atoms with Gasteiger partial charge in [-0.2, -0.15) is 0 Å². The Hall–Kier alpha value is -0.130. The Bertz CT molecular complexity index is 251. The SMILES string of the molecule is CCNCCS(=O)(=O)NCCCCC(C)C.